The Bertz CT molecular complexity index is 972. The van der Waals surface area contributed by atoms with Crippen LogP contribution in [0.4, 0.5) is 5.69 Å². The smallest absolute Gasteiger partial charge is 0.255 e. The number of aryl methyl sites for hydroxylation is 1. The Hall–Kier alpha value is -2.25. The molecule has 3 aromatic carbocycles. The zero-order valence-corrected chi connectivity index (χ0v) is 18.4. The van der Waals surface area contributed by atoms with Gasteiger partial charge in [0.15, 0.2) is 11.5 Å². The van der Waals surface area contributed by atoms with Crippen LogP contribution >= 0.6 is 34.2 Å². The first-order chi connectivity index (χ1) is 13.5. The van der Waals surface area contributed by atoms with E-state index in [2.05, 4.69) is 27.9 Å². The molecule has 3 aromatic rings. The molecule has 0 saturated carbocycles. The molecule has 0 aromatic heterocycles. The summed E-state index contributed by atoms with van der Waals surface area (Å²) in [5, 5.41) is 3.46. The highest BCUT2D eigenvalue weighted by atomic mass is 127. The first kappa shape index (κ1) is 20.5. The Morgan fingerprint density at radius 1 is 1.07 bits per heavy atom. The lowest BCUT2D eigenvalue weighted by Crippen LogP contribution is -2.12. The topological polar surface area (TPSA) is 47.6 Å². The number of amides is 1. The normalized spacial score (nSPS) is 10.4. The molecule has 0 heterocycles. The molecule has 0 atom stereocenters. The predicted octanol–water partition coefficient (Wildman–Crippen LogP) is 6.09. The van der Waals surface area contributed by atoms with E-state index < -0.39 is 0 Å². The third-order valence-corrected chi connectivity index (χ3v) is 5.15. The number of hydrogen-bond donors (Lipinski definition) is 1. The molecule has 0 spiro atoms. The summed E-state index contributed by atoms with van der Waals surface area (Å²) in [6.07, 6.45) is 0. The van der Waals surface area contributed by atoms with E-state index in [-0.39, 0.29) is 5.91 Å². The highest BCUT2D eigenvalue weighted by Gasteiger charge is 2.16. The largest absolute Gasteiger partial charge is 0.493 e. The van der Waals surface area contributed by atoms with Gasteiger partial charge in [-0.15, -0.1) is 0 Å². The van der Waals surface area contributed by atoms with Crippen molar-refractivity contribution in [3.63, 3.8) is 0 Å². The highest BCUT2D eigenvalue weighted by Crippen LogP contribution is 2.35. The Balaban J connectivity index is 1.77. The summed E-state index contributed by atoms with van der Waals surface area (Å²) in [5.74, 6) is 0.899. The van der Waals surface area contributed by atoms with Crippen molar-refractivity contribution in [2.75, 3.05) is 12.4 Å². The van der Waals surface area contributed by atoms with Crippen molar-refractivity contribution >= 4 is 45.8 Å². The quantitative estimate of drug-likeness (QED) is 0.411. The average molecular weight is 508 g/mol. The minimum atomic E-state index is -0.233. The fraction of sp³-hybridized carbons (Fsp3) is 0.136. The Kier molecular flexibility index (Phi) is 6.80. The SMILES string of the molecule is COc1cc(C(=O)Nc2ccc(Cl)cc2)cc(I)c1OCc1ccc(C)cc1. The number of benzene rings is 3. The number of hydrogen-bond acceptors (Lipinski definition) is 3. The summed E-state index contributed by atoms with van der Waals surface area (Å²) >= 11 is 8.03. The fourth-order valence-electron chi connectivity index (χ4n) is 2.57. The van der Waals surface area contributed by atoms with Gasteiger partial charge in [0.2, 0.25) is 0 Å². The van der Waals surface area contributed by atoms with Gasteiger partial charge < -0.3 is 14.8 Å². The van der Waals surface area contributed by atoms with Crippen molar-refractivity contribution in [3.8, 4) is 11.5 Å². The Morgan fingerprint density at radius 2 is 1.75 bits per heavy atom. The fourth-order valence-corrected chi connectivity index (χ4v) is 3.45. The number of carbonyl (C=O) groups is 1. The van der Waals surface area contributed by atoms with Crippen LogP contribution in [-0.4, -0.2) is 13.0 Å². The maximum Gasteiger partial charge on any atom is 0.255 e. The van der Waals surface area contributed by atoms with Gasteiger partial charge in [0, 0.05) is 16.3 Å². The molecular weight excluding hydrogens is 489 g/mol. The summed E-state index contributed by atoms with van der Waals surface area (Å²) in [5.41, 5.74) is 3.42. The van der Waals surface area contributed by atoms with Crippen molar-refractivity contribution in [2.45, 2.75) is 13.5 Å². The molecule has 3 rings (SSSR count). The summed E-state index contributed by atoms with van der Waals surface area (Å²) in [7, 11) is 1.56. The van der Waals surface area contributed by atoms with Crippen LogP contribution in [0.3, 0.4) is 0 Å². The van der Waals surface area contributed by atoms with Crippen LogP contribution in [0.5, 0.6) is 11.5 Å². The van der Waals surface area contributed by atoms with Gasteiger partial charge in [-0.05, 0) is 71.5 Å². The first-order valence-electron chi connectivity index (χ1n) is 8.59. The van der Waals surface area contributed by atoms with Crippen molar-refractivity contribution in [1.82, 2.24) is 0 Å². The van der Waals surface area contributed by atoms with Crippen molar-refractivity contribution in [1.29, 1.82) is 0 Å². The maximum absolute atomic E-state index is 12.6. The van der Waals surface area contributed by atoms with E-state index in [4.69, 9.17) is 21.1 Å². The second-order valence-corrected chi connectivity index (χ2v) is 7.82. The van der Waals surface area contributed by atoms with Gasteiger partial charge in [-0.1, -0.05) is 41.4 Å². The van der Waals surface area contributed by atoms with Gasteiger partial charge in [-0.3, -0.25) is 4.79 Å². The Morgan fingerprint density at radius 3 is 2.39 bits per heavy atom. The molecule has 0 aliphatic rings. The van der Waals surface area contributed by atoms with Crippen LogP contribution < -0.4 is 14.8 Å². The summed E-state index contributed by atoms with van der Waals surface area (Å²) in [6.45, 7) is 2.47. The second kappa shape index (κ2) is 9.30. The number of nitrogens with one attached hydrogen (secondary N) is 1. The number of ether oxygens (including phenoxy) is 2. The number of carbonyl (C=O) groups excluding carboxylic acids is 1. The maximum atomic E-state index is 12.6. The van der Waals surface area contributed by atoms with Crippen molar-refractivity contribution in [3.05, 3.63) is 85.9 Å². The number of halogens is 2. The van der Waals surface area contributed by atoms with Crippen LogP contribution in [0.1, 0.15) is 21.5 Å². The van der Waals surface area contributed by atoms with Gasteiger partial charge in [0.25, 0.3) is 5.91 Å². The number of methoxy groups -OCH3 is 1. The molecule has 1 N–H and O–H groups in total. The monoisotopic (exact) mass is 507 g/mol. The first-order valence-corrected chi connectivity index (χ1v) is 10.0. The second-order valence-electron chi connectivity index (χ2n) is 6.22. The van der Waals surface area contributed by atoms with E-state index in [9.17, 15) is 4.79 Å². The molecule has 0 fully saturated rings. The van der Waals surface area contributed by atoms with E-state index >= 15 is 0 Å². The summed E-state index contributed by atoms with van der Waals surface area (Å²) < 4.78 is 12.2. The van der Waals surface area contributed by atoms with Crippen LogP contribution in [0.15, 0.2) is 60.7 Å². The molecular formula is C22H19ClINO3. The number of rotatable bonds is 6. The van der Waals surface area contributed by atoms with Gasteiger partial charge in [0.05, 0.1) is 10.7 Å². The molecule has 1 amide bonds. The van der Waals surface area contributed by atoms with E-state index in [1.165, 1.54) is 5.56 Å². The van der Waals surface area contributed by atoms with Gasteiger partial charge >= 0.3 is 0 Å². The third kappa shape index (κ3) is 5.17. The minimum Gasteiger partial charge on any atom is -0.493 e. The molecule has 28 heavy (non-hydrogen) atoms. The lowest BCUT2D eigenvalue weighted by molar-refractivity contribution is 0.102. The van der Waals surface area contributed by atoms with Crippen LogP contribution in [0, 0.1) is 10.5 Å². The predicted molar refractivity (Wildman–Crippen MR) is 121 cm³/mol. The molecule has 0 saturated heterocycles. The van der Waals surface area contributed by atoms with E-state index in [1.54, 1.807) is 43.5 Å². The van der Waals surface area contributed by atoms with Gasteiger partial charge in [-0.25, -0.2) is 0 Å². The summed E-state index contributed by atoms with van der Waals surface area (Å²) in [4.78, 5) is 12.6. The molecule has 4 nitrogen and oxygen atoms in total. The van der Waals surface area contributed by atoms with E-state index in [0.717, 1.165) is 9.13 Å². The van der Waals surface area contributed by atoms with E-state index in [1.807, 2.05) is 31.2 Å². The molecule has 0 bridgehead atoms. The van der Waals surface area contributed by atoms with Crippen molar-refractivity contribution in [2.24, 2.45) is 0 Å². The number of anilines is 1. The van der Waals surface area contributed by atoms with Crippen LogP contribution in [0.2, 0.25) is 5.02 Å². The standard InChI is InChI=1S/C22H19ClINO3/c1-14-3-5-15(6-4-14)13-28-21-19(24)11-16(12-20(21)27-2)22(26)25-18-9-7-17(23)8-10-18/h3-12H,13H2,1-2H3,(H,25,26). The van der Waals surface area contributed by atoms with E-state index in [0.29, 0.717) is 34.4 Å². The third-order valence-electron chi connectivity index (χ3n) is 4.10. The minimum absolute atomic E-state index is 0.233. The van der Waals surface area contributed by atoms with Gasteiger partial charge in [0.1, 0.15) is 6.61 Å². The molecule has 0 radical (unpaired) electrons. The lowest BCUT2D eigenvalue weighted by Gasteiger charge is -2.15. The molecule has 0 aliphatic heterocycles. The molecule has 0 aliphatic carbocycles. The molecule has 0 unspecified atom stereocenters. The van der Waals surface area contributed by atoms with Crippen LogP contribution in [-0.2, 0) is 6.61 Å². The average Bonchev–Trinajstić information content (AvgIpc) is 2.69. The van der Waals surface area contributed by atoms with Crippen LogP contribution in [0.25, 0.3) is 0 Å². The summed E-state index contributed by atoms with van der Waals surface area (Å²) in [6, 6.07) is 18.6. The highest BCUT2D eigenvalue weighted by molar-refractivity contribution is 14.1. The molecule has 6 heteroatoms. The Labute approximate surface area is 183 Å². The lowest BCUT2D eigenvalue weighted by atomic mass is 10.1. The zero-order chi connectivity index (χ0) is 20.1. The molecule has 144 valence electrons. The zero-order valence-electron chi connectivity index (χ0n) is 15.5. The van der Waals surface area contributed by atoms with Crippen molar-refractivity contribution < 1.29 is 14.3 Å². The van der Waals surface area contributed by atoms with Gasteiger partial charge in [-0.2, -0.15) is 0 Å².